The molecule has 3 aromatic rings. The zero-order valence-electron chi connectivity index (χ0n) is 20.3. The molecular formula is C27H32N2O4S. The summed E-state index contributed by atoms with van der Waals surface area (Å²) in [6, 6.07) is 19.6. The van der Waals surface area contributed by atoms with Crippen molar-refractivity contribution in [2.75, 3.05) is 17.9 Å². The molecule has 0 saturated heterocycles. The summed E-state index contributed by atoms with van der Waals surface area (Å²) in [5.74, 6) is 0.367. The average molecular weight is 481 g/mol. The number of rotatable bonds is 8. The number of hydrogen-bond donors (Lipinski definition) is 2. The molecule has 3 aromatic carbocycles. The standard InChI is InChI=1S/C27H32N2O4S/c1-19-6-12-23(13-7-19)29-34(31,32)25-18-21(9-8-20(25)2)26(30)28-16-17-33-24-14-10-22(11-15-24)27(3,4)5/h6-15,18,29H,16-17H2,1-5H3,(H,28,30). The van der Waals surface area contributed by atoms with Gasteiger partial charge < -0.3 is 10.1 Å². The quantitative estimate of drug-likeness (QED) is 0.434. The number of anilines is 1. The lowest BCUT2D eigenvalue weighted by molar-refractivity contribution is 0.0946. The van der Waals surface area contributed by atoms with E-state index in [1.54, 1.807) is 31.2 Å². The Balaban J connectivity index is 1.60. The topological polar surface area (TPSA) is 84.5 Å². The molecule has 0 spiro atoms. The average Bonchev–Trinajstić information content (AvgIpc) is 2.78. The molecule has 0 aliphatic rings. The first-order chi connectivity index (χ1) is 16.0. The van der Waals surface area contributed by atoms with E-state index in [2.05, 4.69) is 30.8 Å². The van der Waals surface area contributed by atoms with E-state index in [0.717, 1.165) is 11.3 Å². The molecule has 0 fully saturated rings. The highest BCUT2D eigenvalue weighted by molar-refractivity contribution is 7.92. The summed E-state index contributed by atoms with van der Waals surface area (Å²) in [6.07, 6.45) is 0. The van der Waals surface area contributed by atoms with Gasteiger partial charge in [-0.15, -0.1) is 0 Å². The molecular weight excluding hydrogens is 448 g/mol. The van der Waals surface area contributed by atoms with Crippen molar-refractivity contribution < 1.29 is 17.9 Å². The van der Waals surface area contributed by atoms with E-state index in [4.69, 9.17) is 4.74 Å². The van der Waals surface area contributed by atoms with Gasteiger partial charge in [0.05, 0.1) is 11.4 Å². The molecule has 0 unspecified atom stereocenters. The second kappa shape index (κ2) is 10.3. The van der Waals surface area contributed by atoms with Crippen molar-refractivity contribution in [2.45, 2.75) is 44.9 Å². The number of sulfonamides is 1. The van der Waals surface area contributed by atoms with Crippen LogP contribution in [0.5, 0.6) is 5.75 Å². The maximum Gasteiger partial charge on any atom is 0.262 e. The van der Waals surface area contributed by atoms with Crippen LogP contribution in [0, 0.1) is 13.8 Å². The van der Waals surface area contributed by atoms with E-state index in [9.17, 15) is 13.2 Å². The van der Waals surface area contributed by atoms with Crippen LogP contribution >= 0.6 is 0 Å². The van der Waals surface area contributed by atoms with Crippen molar-refractivity contribution in [1.29, 1.82) is 0 Å². The number of aryl methyl sites for hydroxylation is 2. The highest BCUT2D eigenvalue weighted by Crippen LogP contribution is 2.24. The lowest BCUT2D eigenvalue weighted by Gasteiger charge is -2.19. The number of carbonyl (C=O) groups is 1. The Morgan fingerprint density at radius 1 is 0.912 bits per heavy atom. The van der Waals surface area contributed by atoms with Crippen LogP contribution in [0.25, 0.3) is 0 Å². The molecule has 3 rings (SSSR count). The molecule has 0 heterocycles. The van der Waals surface area contributed by atoms with Crippen LogP contribution in [0.1, 0.15) is 47.8 Å². The maximum absolute atomic E-state index is 12.9. The minimum Gasteiger partial charge on any atom is -0.492 e. The summed E-state index contributed by atoms with van der Waals surface area (Å²) in [4.78, 5) is 12.7. The number of hydrogen-bond acceptors (Lipinski definition) is 4. The van der Waals surface area contributed by atoms with E-state index >= 15 is 0 Å². The second-order valence-corrected chi connectivity index (χ2v) is 11.0. The van der Waals surface area contributed by atoms with Gasteiger partial charge in [0.15, 0.2) is 0 Å². The smallest absolute Gasteiger partial charge is 0.262 e. The fraction of sp³-hybridized carbons (Fsp3) is 0.296. The molecule has 6 nitrogen and oxygen atoms in total. The highest BCUT2D eigenvalue weighted by atomic mass is 32.2. The van der Waals surface area contributed by atoms with Crippen molar-refractivity contribution in [3.63, 3.8) is 0 Å². The first-order valence-corrected chi connectivity index (χ1v) is 12.7. The monoisotopic (exact) mass is 480 g/mol. The summed E-state index contributed by atoms with van der Waals surface area (Å²) in [7, 11) is -3.84. The van der Waals surface area contributed by atoms with E-state index in [1.807, 2.05) is 43.3 Å². The van der Waals surface area contributed by atoms with Gasteiger partial charge in [-0.05, 0) is 66.8 Å². The van der Waals surface area contributed by atoms with E-state index in [1.165, 1.54) is 11.6 Å². The molecule has 0 aromatic heterocycles. The summed E-state index contributed by atoms with van der Waals surface area (Å²) < 4.78 is 34.1. The Labute approximate surface area is 202 Å². The fourth-order valence-corrected chi connectivity index (χ4v) is 4.68. The van der Waals surface area contributed by atoms with Crippen molar-refractivity contribution >= 4 is 21.6 Å². The third-order valence-corrected chi connectivity index (χ3v) is 6.94. The number of nitrogens with one attached hydrogen (secondary N) is 2. The normalized spacial score (nSPS) is 11.7. The summed E-state index contributed by atoms with van der Waals surface area (Å²) in [5.41, 5.74) is 3.61. The molecule has 0 saturated carbocycles. The predicted molar refractivity (Wildman–Crippen MR) is 136 cm³/mol. The Bertz CT molecular complexity index is 1240. The SMILES string of the molecule is Cc1ccc(NS(=O)(=O)c2cc(C(=O)NCCOc3ccc(C(C)(C)C)cc3)ccc2C)cc1. The molecule has 2 N–H and O–H groups in total. The minimum atomic E-state index is -3.84. The minimum absolute atomic E-state index is 0.0657. The van der Waals surface area contributed by atoms with Gasteiger partial charge in [0, 0.05) is 11.3 Å². The van der Waals surface area contributed by atoms with Crippen LogP contribution in [0.3, 0.4) is 0 Å². The van der Waals surface area contributed by atoms with Crippen molar-refractivity contribution in [3.05, 3.63) is 89.0 Å². The van der Waals surface area contributed by atoms with Gasteiger partial charge in [-0.3, -0.25) is 9.52 Å². The Kier molecular flexibility index (Phi) is 7.67. The van der Waals surface area contributed by atoms with Crippen molar-refractivity contribution in [3.8, 4) is 5.75 Å². The molecule has 7 heteroatoms. The largest absolute Gasteiger partial charge is 0.492 e. The molecule has 0 bridgehead atoms. The van der Waals surface area contributed by atoms with Crippen LogP contribution in [0.2, 0.25) is 0 Å². The Hall–Kier alpha value is -3.32. The van der Waals surface area contributed by atoms with Gasteiger partial charge in [-0.25, -0.2) is 8.42 Å². The number of ether oxygens (including phenoxy) is 1. The van der Waals surface area contributed by atoms with Gasteiger partial charge in [0.2, 0.25) is 0 Å². The summed E-state index contributed by atoms with van der Waals surface area (Å²) in [6.45, 7) is 10.7. The van der Waals surface area contributed by atoms with Crippen LogP contribution in [0.15, 0.2) is 71.6 Å². The molecule has 0 radical (unpaired) electrons. The number of amides is 1. The lowest BCUT2D eigenvalue weighted by atomic mass is 9.87. The molecule has 0 aliphatic carbocycles. The van der Waals surface area contributed by atoms with E-state index in [0.29, 0.717) is 17.9 Å². The molecule has 0 atom stereocenters. The Morgan fingerprint density at radius 2 is 1.56 bits per heavy atom. The summed E-state index contributed by atoms with van der Waals surface area (Å²) >= 11 is 0. The molecule has 180 valence electrons. The van der Waals surface area contributed by atoms with Crippen LogP contribution < -0.4 is 14.8 Å². The third-order valence-electron chi connectivity index (χ3n) is 5.42. The third kappa shape index (κ3) is 6.60. The van der Waals surface area contributed by atoms with Gasteiger partial charge >= 0.3 is 0 Å². The fourth-order valence-electron chi connectivity index (χ4n) is 3.35. The highest BCUT2D eigenvalue weighted by Gasteiger charge is 2.19. The van der Waals surface area contributed by atoms with Crippen LogP contribution in [-0.2, 0) is 15.4 Å². The van der Waals surface area contributed by atoms with E-state index in [-0.39, 0.29) is 28.3 Å². The molecule has 0 aliphatic heterocycles. The lowest BCUT2D eigenvalue weighted by Crippen LogP contribution is -2.28. The van der Waals surface area contributed by atoms with Crippen molar-refractivity contribution in [1.82, 2.24) is 5.32 Å². The molecule has 34 heavy (non-hydrogen) atoms. The van der Waals surface area contributed by atoms with Crippen molar-refractivity contribution in [2.24, 2.45) is 0 Å². The van der Waals surface area contributed by atoms with Gasteiger partial charge in [0.1, 0.15) is 12.4 Å². The zero-order chi connectivity index (χ0) is 24.9. The van der Waals surface area contributed by atoms with Gasteiger partial charge in [0.25, 0.3) is 15.9 Å². The maximum atomic E-state index is 12.9. The first-order valence-electron chi connectivity index (χ1n) is 11.2. The van der Waals surface area contributed by atoms with Gasteiger partial charge in [-0.2, -0.15) is 0 Å². The zero-order valence-corrected chi connectivity index (χ0v) is 21.1. The van der Waals surface area contributed by atoms with Crippen LogP contribution in [0.4, 0.5) is 5.69 Å². The predicted octanol–water partition coefficient (Wildman–Crippen LogP) is 5.21. The summed E-state index contributed by atoms with van der Waals surface area (Å²) in [5, 5.41) is 2.78. The molecule has 1 amide bonds. The second-order valence-electron chi connectivity index (χ2n) is 9.33. The number of carbonyl (C=O) groups excluding carboxylic acids is 1. The first kappa shape index (κ1) is 25.3. The van der Waals surface area contributed by atoms with Gasteiger partial charge in [-0.1, -0.05) is 56.7 Å². The van der Waals surface area contributed by atoms with E-state index < -0.39 is 10.0 Å². The number of benzene rings is 3. The van der Waals surface area contributed by atoms with Crippen LogP contribution in [-0.4, -0.2) is 27.5 Å². The Morgan fingerprint density at radius 3 is 2.18 bits per heavy atom.